The summed E-state index contributed by atoms with van der Waals surface area (Å²) in [6, 6.07) is 25.7. The number of nitrogens with one attached hydrogen (secondary N) is 2. The molecule has 0 radical (unpaired) electrons. The normalized spacial score (nSPS) is 38.7. The van der Waals surface area contributed by atoms with Gasteiger partial charge in [0.25, 0.3) is 11.8 Å². The minimum Gasteiger partial charge on any atom is -0.322 e. The number of rotatable bonds is 5. The number of benzene rings is 4. The molecule has 334 valence electrons. The summed E-state index contributed by atoms with van der Waals surface area (Å²) in [5.74, 6) is 5.93. The first-order valence-corrected chi connectivity index (χ1v) is 26.1. The molecule has 4 nitrogen and oxygen atoms in total. The Morgan fingerprint density at radius 1 is 0.469 bits per heavy atom. The molecule has 8 aliphatic carbocycles. The minimum atomic E-state index is -0.117. The summed E-state index contributed by atoms with van der Waals surface area (Å²) >= 11 is 0. The van der Waals surface area contributed by atoms with Crippen molar-refractivity contribution < 1.29 is 9.59 Å². The average Bonchev–Trinajstić information content (AvgIpc) is 3.86. The number of amides is 2. The molecular weight excluding hydrogens is 781 g/mol. The first kappa shape index (κ1) is 41.3. The summed E-state index contributed by atoms with van der Waals surface area (Å²) in [4.78, 5) is 30.1. The number of hydrogen-bond donors (Lipinski definition) is 2. The van der Waals surface area contributed by atoms with Crippen molar-refractivity contribution in [3.8, 4) is 11.1 Å². The van der Waals surface area contributed by atoms with Crippen molar-refractivity contribution in [3.63, 3.8) is 0 Å². The molecule has 0 saturated heterocycles. The lowest BCUT2D eigenvalue weighted by Crippen LogP contribution is -2.52. The molecule has 0 aliphatic heterocycles. The van der Waals surface area contributed by atoms with E-state index in [1.54, 1.807) is 0 Å². The van der Waals surface area contributed by atoms with Crippen LogP contribution in [0.3, 0.4) is 0 Å². The zero-order valence-corrected chi connectivity index (χ0v) is 39.2. The Kier molecular flexibility index (Phi) is 9.79. The molecule has 0 bridgehead atoms. The fourth-order valence-corrected chi connectivity index (χ4v) is 18.1. The van der Waals surface area contributed by atoms with Gasteiger partial charge in [-0.05, 0) is 182 Å². The van der Waals surface area contributed by atoms with Gasteiger partial charge < -0.3 is 10.6 Å². The fraction of sp³-hybridized carbons (Fsp3) is 0.567. The van der Waals surface area contributed by atoms with Crippen molar-refractivity contribution in [2.75, 3.05) is 10.6 Å². The van der Waals surface area contributed by atoms with E-state index in [2.05, 4.69) is 123 Å². The van der Waals surface area contributed by atoms with Gasteiger partial charge in [0.05, 0.1) is 0 Å². The van der Waals surface area contributed by atoms with E-state index in [4.69, 9.17) is 0 Å². The molecule has 8 aliphatic rings. The molecule has 6 fully saturated rings. The molecule has 6 saturated carbocycles. The van der Waals surface area contributed by atoms with Gasteiger partial charge in [0.1, 0.15) is 0 Å². The van der Waals surface area contributed by atoms with Crippen LogP contribution < -0.4 is 10.6 Å². The lowest BCUT2D eigenvalue weighted by molar-refractivity contribution is -0.119. The van der Waals surface area contributed by atoms with E-state index in [0.29, 0.717) is 34.5 Å². The van der Waals surface area contributed by atoms with Crippen LogP contribution in [-0.2, 0) is 9.59 Å². The molecule has 2 amide bonds. The number of hydrogen-bond acceptors (Lipinski definition) is 2. The van der Waals surface area contributed by atoms with Crippen molar-refractivity contribution in [2.24, 2.45) is 69.0 Å². The lowest BCUT2D eigenvalue weighted by Gasteiger charge is -2.60. The molecule has 4 aromatic rings. The molecule has 0 heterocycles. The maximum absolute atomic E-state index is 15.1. The predicted molar refractivity (Wildman–Crippen MR) is 264 cm³/mol. The highest BCUT2D eigenvalue weighted by atomic mass is 16.2. The molecule has 4 heteroatoms. The van der Waals surface area contributed by atoms with Crippen LogP contribution in [0.15, 0.2) is 96.1 Å². The molecule has 12 atom stereocenters. The fourth-order valence-electron chi connectivity index (χ4n) is 18.1. The van der Waals surface area contributed by atoms with Crippen LogP contribution in [0, 0.1) is 69.0 Å². The molecule has 64 heavy (non-hydrogen) atoms. The minimum absolute atomic E-state index is 0.0465. The summed E-state index contributed by atoms with van der Waals surface area (Å²) in [6.45, 7) is 10.1. The van der Waals surface area contributed by atoms with Crippen molar-refractivity contribution in [3.05, 3.63) is 96.1 Å². The third-order valence-electron chi connectivity index (χ3n) is 21.4. The molecule has 2 N–H and O–H groups in total. The van der Waals surface area contributed by atoms with E-state index < -0.39 is 0 Å². The highest BCUT2D eigenvalue weighted by molar-refractivity contribution is 6.19. The Hall–Kier alpha value is -4.18. The number of carbonyl (C=O) groups excluding carboxylic acids is 2. The number of carbonyl (C=O) groups is 2. The third-order valence-corrected chi connectivity index (χ3v) is 21.4. The maximum Gasteiger partial charge on any atom is 0.251 e. The van der Waals surface area contributed by atoms with Gasteiger partial charge in [0, 0.05) is 44.5 Å². The number of fused-ring (bicyclic) bond motifs is 12. The smallest absolute Gasteiger partial charge is 0.251 e. The van der Waals surface area contributed by atoms with Gasteiger partial charge in [-0.15, -0.1) is 0 Å². The molecule has 0 aromatic heterocycles. The van der Waals surface area contributed by atoms with Crippen LogP contribution in [0.5, 0.6) is 0 Å². The van der Waals surface area contributed by atoms with Crippen LogP contribution in [0.25, 0.3) is 32.7 Å². The molecule has 0 unspecified atom stereocenters. The Morgan fingerprint density at radius 2 is 0.906 bits per heavy atom. The summed E-state index contributed by atoms with van der Waals surface area (Å²) in [5, 5.41) is 11.6. The number of anilines is 2. The van der Waals surface area contributed by atoms with Gasteiger partial charge >= 0.3 is 0 Å². The van der Waals surface area contributed by atoms with Crippen molar-refractivity contribution >= 4 is 44.7 Å². The number of allylic oxidation sites excluding steroid dienone is 2. The second-order valence-electron chi connectivity index (χ2n) is 23.8. The van der Waals surface area contributed by atoms with Crippen molar-refractivity contribution in [2.45, 2.75) is 143 Å². The molecule has 12 rings (SSSR count). The first-order chi connectivity index (χ1) is 31.0. The summed E-state index contributed by atoms with van der Waals surface area (Å²) in [7, 11) is 0. The summed E-state index contributed by atoms with van der Waals surface area (Å²) < 4.78 is 0. The highest BCUT2D eigenvalue weighted by Gasteiger charge is 2.60. The predicted octanol–water partition coefficient (Wildman–Crippen LogP) is 15.5. The van der Waals surface area contributed by atoms with Gasteiger partial charge in [-0.25, -0.2) is 0 Å². The Bertz CT molecular complexity index is 2440. The monoisotopic (exact) mass is 853 g/mol. The quantitative estimate of drug-likeness (QED) is 0.210. The summed E-state index contributed by atoms with van der Waals surface area (Å²) in [6.07, 6.45) is 28.0. The topological polar surface area (TPSA) is 58.2 Å². The van der Waals surface area contributed by atoms with Crippen molar-refractivity contribution in [1.29, 1.82) is 0 Å². The van der Waals surface area contributed by atoms with Crippen LogP contribution in [0.1, 0.15) is 143 Å². The van der Waals surface area contributed by atoms with Crippen LogP contribution in [0.4, 0.5) is 11.4 Å². The second kappa shape index (κ2) is 15.2. The van der Waals surface area contributed by atoms with E-state index in [9.17, 15) is 0 Å². The molecule has 4 aromatic carbocycles. The zero-order valence-electron chi connectivity index (χ0n) is 39.2. The van der Waals surface area contributed by atoms with Crippen molar-refractivity contribution in [1.82, 2.24) is 0 Å². The van der Waals surface area contributed by atoms with E-state index in [0.717, 1.165) is 105 Å². The Labute approximate surface area is 382 Å². The van der Waals surface area contributed by atoms with Crippen LogP contribution in [-0.4, -0.2) is 11.8 Å². The largest absolute Gasteiger partial charge is 0.322 e. The average molecular weight is 853 g/mol. The van der Waals surface area contributed by atoms with E-state index in [-0.39, 0.29) is 22.6 Å². The van der Waals surface area contributed by atoms with E-state index in [1.165, 1.54) is 89.9 Å². The first-order valence-electron chi connectivity index (χ1n) is 26.1. The van der Waals surface area contributed by atoms with Gasteiger partial charge in [-0.1, -0.05) is 126 Å². The zero-order chi connectivity index (χ0) is 43.6. The molecular formula is C60H72N2O2. The van der Waals surface area contributed by atoms with Gasteiger partial charge in [-0.3, -0.25) is 9.59 Å². The summed E-state index contributed by atoms with van der Waals surface area (Å²) in [5.41, 5.74) is 6.28. The van der Waals surface area contributed by atoms with Gasteiger partial charge in [0.2, 0.25) is 0 Å². The Balaban J connectivity index is 0.871. The van der Waals surface area contributed by atoms with E-state index in [1.807, 2.05) is 0 Å². The van der Waals surface area contributed by atoms with Crippen LogP contribution in [0.2, 0.25) is 0 Å². The van der Waals surface area contributed by atoms with Gasteiger partial charge in [-0.2, -0.15) is 0 Å². The second-order valence-corrected chi connectivity index (χ2v) is 23.8. The standard InChI is InChI=1S/C60H72N2O2/c1-57-33-11-9-15-39(57)21-23-43-45-25-27-49(59(45,3)35-31-47(43)57)55(63)61-51-29-19-37-13-5-7-17-41(37)53(51)54-42-18-8-6-14-38(42)20-30-52(54)62-56(64)50-28-26-46-44-24-22-40-16-10-12-34-58(40,2)48(44)32-36-60(46,50)4/h5-8,13-14,17-20,27-30,39-40,43-48H,9-12,15-16,21-26,31-36H2,1-4H3,(H,61,63)(H,62,64)/t39-,40-,43+,44+,45+,46+,47+,48+,57+,58+,59+,60+/m1/s1. The Morgan fingerprint density at radius 3 is 1.36 bits per heavy atom. The molecule has 0 spiro atoms. The third kappa shape index (κ3) is 6.04. The van der Waals surface area contributed by atoms with Gasteiger partial charge in [0.15, 0.2) is 0 Å². The lowest BCUT2D eigenvalue weighted by atomic mass is 9.45. The SMILES string of the molecule is C[C@]12CCCC[C@@H]1CC[C@@H]1[C@@H]2CC[C@]2(C)C(C(=O)Nc3ccc4ccccc4c3-c3c(NC(=O)C4=CC[C@H]5[C@@H]6CC[C@H]7CCCC[C@]7(C)[C@H]6CC[C@]45C)ccc4ccccc34)=CC[C@@H]12. The highest BCUT2D eigenvalue weighted by Crippen LogP contribution is 2.68. The van der Waals surface area contributed by atoms with E-state index >= 15 is 9.59 Å². The van der Waals surface area contributed by atoms with Crippen LogP contribution >= 0.6 is 0 Å². The maximum atomic E-state index is 15.1.